The molecule has 3 unspecified atom stereocenters. The predicted molar refractivity (Wildman–Crippen MR) is 369 cm³/mol. The van der Waals surface area contributed by atoms with E-state index in [0.717, 1.165) is 89.9 Å². The molecule has 498 valence electrons. The highest BCUT2D eigenvalue weighted by atomic mass is 31.2. The quantitative estimate of drug-likeness (QED) is 0.0205. The first-order valence-electron chi connectivity index (χ1n) is 36.6. The third kappa shape index (κ3) is 66.0. The van der Waals surface area contributed by atoms with Crippen LogP contribution in [0.25, 0.3) is 0 Å². The summed E-state index contributed by atoms with van der Waals surface area (Å²) in [5, 5.41) is 3.08. The summed E-state index contributed by atoms with van der Waals surface area (Å²) in [6, 6.07) is -0.854. The number of nitrogens with one attached hydrogen (secondary N) is 1. The van der Waals surface area contributed by atoms with E-state index in [1.54, 1.807) is 0 Å². The summed E-state index contributed by atoms with van der Waals surface area (Å²) in [7, 11) is 1.50. The number of phosphoric ester groups is 1. The molecule has 0 saturated carbocycles. The molecule has 85 heavy (non-hydrogen) atoms. The molecule has 0 heterocycles. The van der Waals surface area contributed by atoms with Crippen LogP contribution in [0.4, 0.5) is 0 Å². The van der Waals surface area contributed by atoms with Gasteiger partial charge in [-0.3, -0.25) is 18.6 Å². The van der Waals surface area contributed by atoms with Crippen LogP contribution in [0, 0.1) is 0 Å². The summed E-state index contributed by atoms with van der Waals surface area (Å²) in [6.07, 6.45) is 83.7. The number of phosphoric acid groups is 1. The number of quaternary nitrogens is 1. The number of carbonyl (C=O) groups is 2. The Labute approximate surface area is 528 Å². The minimum Gasteiger partial charge on any atom is -0.456 e. The Morgan fingerprint density at radius 2 is 0.718 bits per heavy atom. The molecule has 0 aromatic rings. The van der Waals surface area contributed by atoms with E-state index < -0.39 is 20.0 Å². The number of hydrogen-bond acceptors (Lipinski definition) is 6. The van der Waals surface area contributed by atoms with E-state index in [0.29, 0.717) is 17.4 Å². The Morgan fingerprint density at radius 3 is 1.09 bits per heavy atom. The topological polar surface area (TPSA) is 111 Å². The molecule has 0 aromatic carbocycles. The number of ether oxygens (including phenoxy) is 1. The highest BCUT2D eigenvalue weighted by molar-refractivity contribution is 7.47. The Balaban J connectivity index is 5.10. The van der Waals surface area contributed by atoms with Crippen molar-refractivity contribution in [1.29, 1.82) is 0 Å². The zero-order valence-corrected chi connectivity index (χ0v) is 58.0. The zero-order valence-electron chi connectivity index (χ0n) is 57.1. The maximum absolute atomic E-state index is 13.6. The number of carbonyl (C=O) groups excluding carboxylic acids is 2. The Hall–Kier alpha value is -2.29. The molecule has 0 bridgehead atoms. The molecule has 0 fully saturated rings. The van der Waals surface area contributed by atoms with Gasteiger partial charge in [0, 0.05) is 12.8 Å². The first kappa shape index (κ1) is 82.7. The van der Waals surface area contributed by atoms with Gasteiger partial charge in [-0.05, 0) is 76.7 Å². The van der Waals surface area contributed by atoms with Crippen molar-refractivity contribution in [1.82, 2.24) is 5.32 Å². The van der Waals surface area contributed by atoms with Crippen molar-refractivity contribution < 1.29 is 37.3 Å². The molecule has 0 aromatic heterocycles. The maximum Gasteiger partial charge on any atom is 0.472 e. The molecule has 0 aliphatic heterocycles. The molecule has 0 spiro atoms. The van der Waals surface area contributed by atoms with Crippen LogP contribution in [-0.4, -0.2) is 74.3 Å². The first-order chi connectivity index (χ1) is 41.4. The fourth-order valence-electron chi connectivity index (χ4n) is 10.8. The lowest BCUT2D eigenvalue weighted by molar-refractivity contribution is -0.870. The smallest absolute Gasteiger partial charge is 0.456 e. The molecule has 9 nitrogen and oxygen atoms in total. The summed E-state index contributed by atoms with van der Waals surface area (Å²) >= 11 is 0. The second-order valence-electron chi connectivity index (χ2n) is 26.1. The van der Waals surface area contributed by atoms with Crippen LogP contribution in [0.1, 0.15) is 355 Å². The summed E-state index contributed by atoms with van der Waals surface area (Å²) < 4.78 is 30.9. The monoisotopic (exact) mass is 1210 g/mol. The molecule has 10 heteroatoms. The van der Waals surface area contributed by atoms with Crippen molar-refractivity contribution in [3.8, 4) is 0 Å². The van der Waals surface area contributed by atoms with Gasteiger partial charge in [-0.25, -0.2) is 4.57 Å². The molecule has 0 aliphatic carbocycles. The number of unbranched alkanes of at least 4 members (excludes halogenated alkanes) is 43. The van der Waals surface area contributed by atoms with E-state index in [2.05, 4.69) is 74.7 Å². The Morgan fingerprint density at radius 1 is 0.412 bits per heavy atom. The van der Waals surface area contributed by atoms with Gasteiger partial charge in [-0.1, -0.05) is 326 Å². The van der Waals surface area contributed by atoms with E-state index >= 15 is 0 Å². The second-order valence-corrected chi connectivity index (χ2v) is 27.6. The van der Waals surface area contributed by atoms with Gasteiger partial charge < -0.3 is 19.4 Å². The van der Waals surface area contributed by atoms with Gasteiger partial charge in [-0.2, -0.15) is 0 Å². The zero-order chi connectivity index (χ0) is 62.1. The lowest BCUT2D eigenvalue weighted by atomic mass is 10.0. The Kier molecular flexibility index (Phi) is 62.9. The van der Waals surface area contributed by atoms with Crippen LogP contribution >= 0.6 is 7.82 Å². The standard InChI is InChI=1S/C75H141N2O7P/c1-7-10-13-16-19-22-25-28-30-32-34-36-38-40-42-44-46-49-52-55-58-61-64-67-74(78)76-72(71-83-85(80,81)82-70-69-77(4,5)6)73(66-63-60-57-54-51-48-27-24-21-18-15-12-9-3)84-75(79)68-65-62-59-56-53-50-47-45-43-41-39-37-35-33-31-29-26-23-20-17-14-11-8-2/h20,23,29,31,35,37,41,43,63,66,72-73H,7-19,21-22,24-28,30,32-34,36,38-40,42,44-62,64-65,67-71H2,1-6H3,(H-,76,78,80,81)/p+1/b23-20-,31-29-,37-35-,43-41-,66-63+. The average molecular weight is 1210 g/mol. The third-order valence-corrected chi connectivity index (χ3v) is 17.4. The van der Waals surface area contributed by atoms with Gasteiger partial charge in [0.05, 0.1) is 33.8 Å². The minimum atomic E-state index is -4.46. The third-order valence-electron chi connectivity index (χ3n) is 16.5. The molecule has 1 amide bonds. The molecule has 3 atom stereocenters. The molecule has 0 radical (unpaired) electrons. The van der Waals surface area contributed by atoms with E-state index in [1.807, 2.05) is 33.3 Å². The van der Waals surface area contributed by atoms with Crippen molar-refractivity contribution in [3.05, 3.63) is 60.8 Å². The number of likely N-dealkylation sites (N-methyl/N-ethyl adjacent to an activating group) is 1. The van der Waals surface area contributed by atoms with Crippen LogP contribution in [0.15, 0.2) is 60.8 Å². The van der Waals surface area contributed by atoms with Gasteiger partial charge in [0.1, 0.15) is 19.3 Å². The van der Waals surface area contributed by atoms with Gasteiger partial charge in [0.25, 0.3) is 0 Å². The lowest BCUT2D eigenvalue weighted by Gasteiger charge is -2.27. The van der Waals surface area contributed by atoms with Crippen molar-refractivity contribution in [3.63, 3.8) is 0 Å². The SMILES string of the molecule is CCCCC/C=C\C/C=C\C/C=C\C/C=C\CCCCCCCCCC(=O)OC(/C=C/CCCCCCCCCCCCC)C(COP(=O)(O)OCC[N+](C)(C)C)NC(=O)CCCCCCCCCCCCCCCCCCCCCCCCC. The largest absolute Gasteiger partial charge is 0.472 e. The first-order valence-corrected chi connectivity index (χ1v) is 38.1. The average Bonchev–Trinajstić information content (AvgIpc) is 3.52. The van der Waals surface area contributed by atoms with E-state index in [-0.39, 0.29) is 31.5 Å². The molecule has 2 N–H and O–H groups in total. The van der Waals surface area contributed by atoms with E-state index in [9.17, 15) is 19.0 Å². The van der Waals surface area contributed by atoms with Crippen LogP contribution < -0.4 is 5.32 Å². The van der Waals surface area contributed by atoms with Gasteiger partial charge in [0.2, 0.25) is 5.91 Å². The summed E-state index contributed by atoms with van der Waals surface area (Å²) in [5.74, 6) is -0.501. The number of hydrogen-bond donors (Lipinski definition) is 2. The number of nitrogens with zero attached hydrogens (tertiary/aromatic N) is 1. The fraction of sp³-hybridized carbons (Fsp3) is 0.840. The van der Waals surface area contributed by atoms with E-state index in [1.165, 1.54) is 231 Å². The molecule has 0 aliphatic rings. The van der Waals surface area contributed by atoms with Crippen LogP contribution in [0.2, 0.25) is 0 Å². The van der Waals surface area contributed by atoms with Crippen molar-refractivity contribution >= 4 is 19.7 Å². The normalized spacial score (nSPS) is 13.8. The van der Waals surface area contributed by atoms with Crippen LogP contribution in [0.5, 0.6) is 0 Å². The van der Waals surface area contributed by atoms with E-state index in [4.69, 9.17) is 13.8 Å². The Bertz CT molecular complexity index is 1640. The number of allylic oxidation sites excluding steroid dienone is 9. The lowest BCUT2D eigenvalue weighted by Crippen LogP contribution is -2.47. The summed E-state index contributed by atoms with van der Waals surface area (Å²) in [5.41, 5.74) is 0. The van der Waals surface area contributed by atoms with Crippen LogP contribution in [0.3, 0.4) is 0 Å². The number of esters is 1. The fourth-order valence-corrected chi connectivity index (χ4v) is 11.5. The predicted octanol–water partition coefficient (Wildman–Crippen LogP) is 23.3. The highest BCUT2D eigenvalue weighted by Gasteiger charge is 2.30. The second kappa shape index (κ2) is 64.7. The highest BCUT2D eigenvalue weighted by Crippen LogP contribution is 2.43. The maximum atomic E-state index is 13.6. The van der Waals surface area contributed by atoms with Gasteiger partial charge in [-0.15, -0.1) is 0 Å². The number of amides is 1. The van der Waals surface area contributed by atoms with Gasteiger partial charge >= 0.3 is 13.8 Å². The number of rotatable bonds is 67. The van der Waals surface area contributed by atoms with Gasteiger partial charge in [0.15, 0.2) is 0 Å². The van der Waals surface area contributed by atoms with Crippen LogP contribution in [-0.2, 0) is 27.9 Å². The molecule has 0 saturated heterocycles. The molecular formula is C75H142N2O7P+. The van der Waals surface area contributed by atoms with Crippen molar-refractivity contribution in [2.75, 3.05) is 40.9 Å². The molecular weight excluding hydrogens is 1070 g/mol. The van der Waals surface area contributed by atoms with Crippen molar-refractivity contribution in [2.45, 2.75) is 367 Å². The summed E-state index contributed by atoms with van der Waals surface area (Å²) in [6.45, 7) is 7.03. The van der Waals surface area contributed by atoms with Crippen molar-refractivity contribution in [2.24, 2.45) is 0 Å². The molecule has 0 rings (SSSR count). The summed E-state index contributed by atoms with van der Waals surface area (Å²) in [4.78, 5) is 38.0. The minimum absolute atomic E-state index is 0.0389.